The molecule has 15 heavy (non-hydrogen) atoms. The van der Waals surface area contributed by atoms with E-state index in [0.29, 0.717) is 22.9 Å². The number of carbonyl (C=O) groups excluding carboxylic acids is 1. The molecule has 0 saturated heterocycles. The molecule has 0 radical (unpaired) electrons. The molecular weight excluding hydrogens is 233 g/mol. The highest BCUT2D eigenvalue weighted by molar-refractivity contribution is 6.35. The molecule has 0 amide bonds. The Morgan fingerprint density at radius 3 is 2.67 bits per heavy atom. The van der Waals surface area contributed by atoms with E-state index in [-0.39, 0.29) is 11.8 Å². The van der Waals surface area contributed by atoms with Crippen molar-refractivity contribution in [2.45, 2.75) is 25.8 Å². The first-order chi connectivity index (χ1) is 6.99. The van der Waals surface area contributed by atoms with E-state index in [4.69, 9.17) is 28.9 Å². The molecular formula is C11H13Cl2NO. The highest BCUT2D eigenvalue weighted by Gasteiger charge is 2.09. The summed E-state index contributed by atoms with van der Waals surface area (Å²) in [6, 6.07) is 5.02. The number of hydrogen-bond acceptors (Lipinski definition) is 2. The highest BCUT2D eigenvalue weighted by Crippen LogP contribution is 2.21. The maximum atomic E-state index is 11.5. The lowest BCUT2D eigenvalue weighted by molar-refractivity contribution is -0.118. The van der Waals surface area contributed by atoms with Crippen molar-refractivity contribution in [1.29, 1.82) is 0 Å². The molecule has 0 spiro atoms. The fourth-order valence-corrected chi connectivity index (χ4v) is 1.78. The topological polar surface area (TPSA) is 43.1 Å². The van der Waals surface area contributed by atoms with Gasteiger partial charge in [-0.05, 0) is 24.6 Å². The largest absolute Gasteiger partial charge is 0.328 e. The van der Waals surface area contributed by atoms with Crippen molar-refractivity contribution >= 4 is 29.0 Å². The summed E-state index contributed by atoms with van der Waals surface area (Å²) in [5.74, 6) is 0.0919. The van der Waals surface area contributed by atoms with Crippen molar-refractivity contribution in [2.75, 3.05) is 0 Å². The standard InChI is InChI=1S/C11H13Cl2NO/c1-7(14)4-10(15)5-8-2-3-9(12)6-11(8)13/h2-3,6-7H,4-5,14H2,1H3. The summed E-state index contributed by atoms with van der Waals surface area (Å²) in [6.45, 7) is 1.81. The molecule has 0 aliphatic carbocycles. The SMILES string of the molecule is CC(N)CC(=O)Cc1ccc(Cl)cc1Cl. The fraction of sp³-hybridized carbons (Fsp3) is 0.364. The van der Waals surface area contributed by atoms with Gasteiger partial charge < -0.3 is 5.73 Å². The van der Waals surface area contributed by atoms with Gasteiger partial charge in [0.2, 0.25) is 0 Å². The van der Waals surface area contributed by atoms with Crippen molar-refractivity contribution in [3.8, 4) is 0 Å². The Morgan fingerprint density at radius 2 is 2.13 bits per heavy atom. The average molecular weight is 246 g/mol. The number of halogens is 2. The van der Waals surface area contributed by atoms with E-state index in [9.17, 15) is 4.79 Å². The quantitative estimate of drug-likeness (QED) is 0.887. The molecule has 1 aromatic carbocycles. The molecule has 0 aromatic heterocycles. The first-order valence-corrected chi connectivity index (χ1v) is 5.46. The van der Waals surface area contributed by atoms with E-state index in [1.807, 2.05) is 0 Å². The Hall–Kier alpha value is -0.570. The normalized spacial score (nSPS) is 12.5. The molecule has 1 rings (SSSR count). The Morgan fingerprint density at radius 1 is 1.47 bits per heavy atom. The molecule has 0 saturated carbocycles. The Labute approximate surface area is 99.4 Å². The molecule has 0 aliphatic rings. The van der Waals surface area contributed by atoms with Crippen LogP contribution in [0.25, 0.3) is 0 Å². The predicted molar refractivity (Wildman–Crippen MR) is 63.4 cm³/mol. The van der Waals surface area contributed by atoms with Crippen molar-refractivity contribution in [3.63, 3.8) is 0 Å². The van der Waals surface area contributed by atoms with Gasteiger partial charge in [0.15, 0.2) is 0 Å². The van der Waals surface area contributed by atoms with Crippen LogP contribution in [-0.4, -0.2) is 11.8 Å². The van der Waals surface area contributed by atoms with Gasteiger partial charge in [0.1, 0.15) is 5.78 Å². The lowest BCUT2D eigenvalue weighted by atomic mass is 10.0. The molecule has 1 atom stereocenters. The smallest absolute Gasteiger partial charge is 0.138 e. The lowest BCUT2D eigenvalue weighted by Gasteiger charge is -2.06. The molecule has 0 fully saturated rings. The van der Waals surface area contributed by atoms with Crippen LogP contribution in [0.2, 0.25) is 10.0 Å². The molecule has 1 unspecified atom stereocenters. The van der Waals surface area contributed by atoms with Crippen LogP contribution in [0.4, 0.5) is 0 Å². The van der Waals surface area contributed by atoms with Crippen LogP contribution in [0.15, 0.2) is 18.2 Å². The molecule has 2 N–H and O–H groups in total. The van der Waals surface area contributed by atoms with Crippen LogP contribution < -0.4 is 5.73 Å². The van der Waals surface area contributed by atoms with Crippen LogP contribution in [-0.2, 0) is 11.2 Å². The second-order valence-electron chi connectivity index (χ2n) is 3.63. The monoisotopic (exact) mass is 245 g/mol. The van der Waals surface area contributed by atoms with Crippen molar-refractivity contribution in [1.82, 2.24) is 0 Å². The number of ketones is 1. The first kappa shape index (κ1) is 12.5. The molecule has 0 heterocycles. The van der Waals surface area contributed by atoms with E-state index >= 15 is 0 Å². The number of hydrogen-bond donors (Lipinski definition) is 1. The highest BCUT2D eigenvalue weighted by atomic mass is 35.5. The third kappa shape index (κ3) is 4.20. The summed E-state index contributed by atoms with van der Waals surface area (Å²) < 4.78 is 0. The van der Waals surface area contributed by atoms with Crippen LogP contribution in [0, 0.1) is 0 Å². The number of carbonyl (C=O) groups is 1. The number of rotatable bonds is 4. The minimum atomic E-state index is -0.108. The Balaban J connectivity index is 2.68. The number of Topliss-reactive ketones (excluding diaryl/α,β-unsaturated/α-hetero) is 1. The van der Waals surface area contributed by atoms with Crippen molar-refractivity contribution in [2.24, 2.45) is 5.73 Å². The van der Waals surface area contributed by atoms with Gasteiger partial charge in [-0.2, -0.15) is 0 Å². The van der Waals surface area contributed by atoms with Gasteiger partial charge >= 0.3 is 0 Å². The van der Waals surface area contributed by atoms with Crippen LogP contribution >= 0.6 is 23.2 Å². The lowest BCUT2D eigenvalue weighted by Crippen LogP contribution is -2.20. The van der Waals surface area contributed by atoms with E-state index in [1.54, 1.807) is 25.1 Å². The Bertz CT molecular complexity index is 364. The van der Waals surface area contributed by atoms with Crippen molar-refractivity contribution in [3.05, 3.63) is 33.8 Å². The van der Waals surface area contributed by atoms with Gasteiger partial charge in [0, 0.05) is 28.9 Å². The van der Waals surface area contributed by atoms with Crippen molar-refractivity contribution < 1.29 is 4.79 Å². The van der Waals surface area contributed by atoms with Crippen LogP contribution in [0.1, 0.15) is 18.9 Å². The van der Waals surface area contributed by atoms with Gasteiger partial charge in [-0.3, -0.25) is 4.79 Å². The second-order valence-corrected chi connectivity index (χ2v) is 4.48. The molecule has 1 aromatic rings. The summed E-state index contributed by atoms with van der Waals surface area (Å²) in [4.78, 5) is 11.5. The summed E-state index contributed by atoms with van der Waals surface area (Å²) >= 11 is 11.7. The van der Waals surface area contributed by atoms with E-state index in [1.165, 1.54) is 0 Å². The minimum Gasteiger partial charge on any atom is -0.328 e. The zero-order chi connectivity index (χ0) is 11.4. The third-order valence-corrected chi connectivity index (χ3v) is 2.54. The van der Waals surface area contributed by atoms with E-state index < -0.39 is 0 Å². The molecule has 0 aliphatic heterocycles. The predicted octanol–water partition coefficient (Wildman–Crippen LogP) is 2.84. The zero-order valence-corrected chi connectivity index (χ0v) is 9.98. The molecule has 0 bridgehead atoms. The maximum Gasteiger partial charge on any atom is 0.138 e. The van der Waals surface area contributed by atoms with Gasteiger partial charge in [-0.25, -0.2) is 0 Å². The van der Waals surface area contributed by atoms with Gasteiger partial charge in [0.05, 0.1) is 0 Å². The average Bonchev–Trinajstić information content (AvgIpc) is 2.08. The second kappa shape index (κ2) is 5.50. The third-order valence-electron chi connectivity index (χ3n) is 1.95. The maximum absolute atomic E-state index is 11.5. The Kier molecular flexibility index (Phi) is 4.58. The zero-order valence-electron chi connectivity index (χ0n) is 8.47. The molecule has 4 heteroatoms. The van der Waals surface area contributed by atoms with Gasteiger partial charge in [-0.1, -0.05) is 29.3 Å². The van der Waals surface area contributed by atoms with Crippen LogP contribution in [0.3, 0.4) is 0 Å². The number of nitrogens with two attached hydrogens (primary N) is 1. The van der Waals surface area contributed by atoms with Gasteiger partial charge in [0.25, 0.3) is 0 Å². The minimum absolute atomic E-state index is 0.0919. The van der Waals surface area contributed by atoms with Crippen LogP contribution in [0.5, 0.6) is 0 Å². The van der Waals surface area contributed by atoms with E-state index in [2.05, 4.69) is 0 Å². The van der Waals surface area contributed by atoms with E-state index in [0.717, 1.165) is 5.56 Å². The summed E-state index contributed by atoms with van der Waals surface area (Å²) in [5.41, 5.74) is 6.33. The summed E-state index contributed by atoms with van der Waals surface area (Å²) in [5, 5.41) is 1.10. The molecule has 82 valence electrons. The summed E-state index contributed by atoms with van der Waals surface area (Å²) in [6.07, 6.45) is 0.691. The van der Waals surface area contributed by atoms with Gasteiger partial charge in [-0.15, -0.1) is 0 Å². The molecule has 2 nitrogen and oxygen atoms in total. The number of benzene rings is 1. The summed E-state index contributed by atoms with van der Waals surface area (Å²) in [7, 11) is 0. The fourth-order valence-electron chi connectivity index (χ4n) is 1.31. The first-order valence-electron chi connectivity index (χ1n) is 4.70.